The van der Waals surface area contributed by atoms with E-state index in [1.807, 2.05) is 10.8 Å². The zero-order valence-corrected chi connectivity index (χ0v) is 11.0. The summed E-state index contributed by atoms with van der Waals surface area (Å²) in [6, 6.07) is 6.35. The van der Waals surface area contributed by atoms with E-state index in [0.29, 0.717) is 0 Å². The van der Waals surface area contributed by atoms with Gasteiger partial charge in [-0.25, -0.2) is 4.98 Å². The van der Waals surface area contributed by atoms with E-state index in [2.05, 4.69) is 39.1 Å². The van der Waals surface area contributed by atoms with Crippen molar-refractivity contribution in [2.75, 3.05) is 0 Å². The Morgan fingerprint density at radius 2 is 2.18 bits per heavy atom. The molecule has 2 N–H and O–H groups in total. The van der Waals surface area contributed by atoms with Crippen molar-refractivity contribution in [3.63, 3.8) is 0 Å². The summed E-state index contributed by atoms with van der Waals surface area (Å²) in [5.41, 5.74) is 8.53. The van der Waals surface area contributed by atoms with Gasteiger partial charge >= 0.3 is 0 Å². The average Bonchev–Trinajstić information content (AvgIpc) is 2.79. The van der Waals surface area contributed by atoms with Crippen molar-refractivity contribution in [1.29, 1.82) is 0 Å². The first-order chi connectivity index (χ1) is 8.19. The lowest BCUT2D eigenvalue weighted by atomic mass is 9.73. The number of rotatable bonds is 2. The molecule has 1 aromatic carbocycles. The van der Waals surface area contributed by atoms with Gasteiger partial charge in [-0.05, 0) is 52.9 Å². The van der Waals surface area contributed by atoms with Gasteiger partial charge in [-0.3, -0.25) is 0 Å². The van der Waals surface area contributed by atoms with Crippen LogP contribution in [0.4, 0.5) is 0 Å². The molecule has 0 atom stereocenters. The molecule has 2 aromatic rings. The van der Waals surface area contributed by atoms with Gasteiger partial charge < -0.3 is 10.3 Å². The molecule has 88 valence electrons. The maximum Gasteiger partial charge on any atom is 0.0992 e. The number of imidazole rings is 1. The van der Waals surface area contributed by atoms with Crippen LogP contribution in [0.3, 0.4) is 0 Å². The summed E-state index contributed by atoms with van der Waals surface area (Å²) in [4.78, 5) is 4.06. The Bertz CT molecular complexity index is 530. The van der Waals surface area contributed by atoms with Gasteiger partial charge in [-0.2, -0.15) is 0 Å². The number of benzene rings is 1. The molecular formula is C13H14BrN3. The Kier molecular flexibility index (Phi) is 2.56. The number of aromatic nitrogens is 2. The third kappa shape index (κ3) is 1.81. The highest BCUT2D eigenvalue weighted by atomic mass is 79.9. The summed E-state index contributed by atoms with van der Waals surface area (Å²) in [5.74, 6) is 0. The summed E-state index contributed by atoms with van der Waals surface area (Å²) < 4.78 is 3.04. The SMILES string of the molecule is NC1(c2ccc(-n3ccnc3)c(Br)c2)CCC1. The largest absolute Gasteiger partial charge is 0.321 e. The van der Waals surface area contributed by atoms with Gasteiger partial charge in [0.15, 0.2) is 0 Å². The molecule has 1 aliphatic rings. The number of nitrogens with two attached hydrogens (primary N) is 1. The van der Waals surface area contributed by atoms with Crippen LogP contribution in [0.15, 0.2) is 41.4 Å². The van der Waals surface area contributed by atoms with Crippen LogP contribution in [0, 0.1) is 0 Å². The fourth-order valence-electron chi connectivity index (χ4n) is 2.27. The van der Waals surface area contributed by atoms with Gasteiger partial charge in [-0.1, -0.05) is 6.07 Å². The molecule has 1 aromatic heterocycles. The molecule has 17 heavy (non-hydrogen) atoms. The Balaban J connectivity index is 2.00. The molecule has 0 amide bonds. The number of hydrogen-bond acceptors (Lipinski definition) is 2. The molecule has 1 fully saturated rings. The van der Waals surface area contributed by atoms with Crippen LogP contribution in [0.5, 0.6) is 0 Å². The normalized spacial score (nSPS) is 17.8. The minimum Gasteiger partial charge on any atom is -0.321 e. The first-order valence-electron chi connectivity index (χ1n) is 5.76. The zero-order chi connectivity index (χ0) is 11.9. The van der Waals surface area contributed by atoms with Crippen molar-refractivity contribution in [2.24, 2.45) is 5.73 Å². The molecule has 3 rings (SSSR count). The monoisotopic (exact) mass is 291 g/mol. The maximum atomic E-state index is 6.32. The predicted molar refractivity (Wildman–Crippen MR) is 71.0 cm³/mol. The van der Waals surface area contributed by atoms with E-state index in [9.17, 15) is 0 Å². The summed E-state index contributed by atoms with van der Waals surface area (Å²) >= 11 is 3.61. The Labute approximate surface area is 109 Å². The molecule has 3 nitrogen and oxygen atoms in total. The van der Waals surface area contributed by atoms with Crippen LogP contribution in [0.1, 0.15) is 24.8 Å². The fraction of sp³-hybridized carbons (Fsp3) is 0.308. The van der Waals surface area contributed by atoms with Crippen molar-refractivity contribution >= 4 is 15.9 Å². The van der Waals surface area contributed by atoms with Crippen molar-refractivity contribution in [3.8, 4) is 5.69 Å². The molecule has 0 saturated heterocycles. The van der Waals surface area contributed by atoms with Crippen LogP contribution in [0.25, 0.3) is 5.69 Å². The molecule has 0 aliphatic heterocycles. The van der Waals surface area contributed by atoms with E-state index in [4.69, 9.17) is 5.73 Å². The standard InChI is InChI=1S/C13H14BrN3/c14-11-8-10(13(15)4-1-5-13)2-3-12(11)17-7-6-16-9-17/h2-3,6-9H,1,4-5,15H2. The van der Waals surface area contributed by atoms with Gasteiger partial charge in [0.05, 0.1) is 12.0 Å². The van der Waals surface area contributed by atoms with Crippen molar-refractivity contribution in [3.05, 3.63) is 47.0 Å². The maximum absolute atomic E-state index is 6.32. The number of nitrogens with zero attached hydrogens (tertiary/aromatic N) is 2. The minimum atomic E-state index is -0.101. The van der Waals surface area contributed by atoms with Crippen LogP contribution < -0.4 is 5.73 Å². The number of hydrogen-bond donors (Lipinski definition) is 1. The molecule has 0 bridgehead atoms. The first kappa shape index (κ1) is 11.0. The third-order valence-electron chi connectivity index (χ3n) is 3.55. The van der Waals surface area contributed by atoms with Crippen molar-refractivity contribution in [2.45, 2.75) is 24.8 Å². The highest BCUT2D eigenvalue weighted by molar-refractivity contribution is 9.10. The predicted octanol–water partition coefficient (Wildman–Crippen LogP) is 2.97. The highest BCUT2D eigenvalue weighted by Crippen LogP contribution is 2.40. The lowest BCUT2D eigenvalue weighted by molar-refractivity contribution is 0.253. The first-order valence-corrected chi connectivity index (χ1v) is 6.56. The van der Waals surface area contributed by atoms with E-state index in [1.165, 1.54) is 12.0 Å². The quantitative estimate of drug-likeness (QED) is 0.924. The molecular weight excluding hydrogens is 278 g/mol. The van der Waals surface area contributed by atoms with Crippen LogP contribution in [0.2, 0.25) is 0 Å². The molecule has 1 heterocycles. The molecule has 0 spiro atoms. The average molecular weight is 292 g/mol. The van der Waals surface area contributed by atoms with E-state index in [0.717, 1.165) is 23.0 Å². The molecule has 0 radical (unpaired) electrons. The van der Waals surface area contributed by atoms with E-state index < -0.39 is 0 Å². The van der Waals surface area contributed by atoms with Gasteiger partial charge in [-0.15, -0.1) is 0 Å². The summed E-state index contributed by atoms with van der Waals surface area (Å²) in [6.07, 6.45) is 8.91. The summed E-state index contributed by atoms with van der Waals surface area (Å²) in [5, 5.41) is 0. The highest BCUT2D eigenvalue weighted by Gasteiger charge is 2.34. The van der Waals surface area contributed by atoms with Gasteiger partial charge in [0.1, 0.15) is 0 Å². The smallest absolute Gasteiger partial charge is 0.0992 e. The van der Waals surface area contributed by atoms with Gasteiger partial charge in [0.25, 0.3) is 0 Å². The number of halogens is 1. The molecule has 4 heteroatoms. The topological polar surface area (TPSA) is 43.8 Å². The fourth-order valence-corrected chi connectivity index (χ4v) is 2.86. The van der Waals surface area contributed by atoms with Crippen LogP contribution >= 0.6 is 15.9 Å². The summed E-state index contributed by atoms with van der Waals surface area (Å²) in [7, 11) is 0. The lowest BCUT2D eigenvalue weighted by Gasteiger charge is -2.38. The summed E-state index contributed by atoms with van der Waals surface area (Å²) in [6.45, 7) is 0. The van der Waals surface area contributed by atoms with Crippen molar-refractivity contribution < 1.29 is 0 Å². The Hall–Kier alpha value is -1.13. The van der Waals surface area contributed by atoms with Crippen LogP contribution in [-0.4, -0.2) is 9.55 Å². The van der Waals surface area contributed by atoms with Crippen molar-refractivity contribution in [1.82, 2.24) is 9.55 Å². The molecule has 0 unspecified atom stereocenters. The second-order valence-electron chi connectivity index (χ2n) is 4.65. The minimum absolute atomic E-state index is 0.101. The lowest BCUT2D eigenvalue weighted by Crippen LogP contribution is -2.43. The van der Waals surface area contributed by atoms with E-state index in [-0.39, 0.29) is 5.54 Å². The Morgan fingerprint density at radius 3 is 2.71 bits per heavy atom. The van der Waals surface area contributed by atoms with Crippen LogP contribution in [-0.2, 0) is 5.54 Å². The van der Waals surface area contributed by atoms with E-state index in [1.54, 1.807) is 12.5 Å². The molecule has 1 saturated carbocycles. The second kappa shape index (κ2) is 3.96. The van der Waals surface area contributed by atoms with E-state index >= 15 is 0 Å². The zero-order valence-electron chi connectivity index (χ0n) is 9.44. The Morgan fingerprint density at radius 1 is 1.35 bits per heavy atom. The van der Waals surface area contributed by atoms with Gasteiger partial charge in [0, 0.05) is 22.4 Å². The second-order valence-corrected chi connectivity index (χ2v) is 5.50. The van der Waals surface area contributed by atoms with Gasteiger partial charge in [0.2, 0.25) is 0 Å². The molecule has 1 aliphatic carbocycles. The third-order valence-corrected chi connectivity index (χ3v) is 4.19.